The third kappa shape index (κ3) is 2.84. The Morgan fingerprint density at radius 3 is 3.21 bits per heavy atom. The van der Waals surface area contributed by atoms with E-state index in [-0.39, 0.29) is 5.82 Å². The molecule has 19 heavy (non-hydrogen) atoms. The number of nitrogens with zero attached hydrogens (tertiary/aromatic N) is 4. The van der Waals surface area contributed by atoms with Gasteiger partial charge in [-0.15, -0.1) is 5.10 Å². The number of fused-ring (bicyclic) bond motifs is 1. The average molecular weight is 263 g/mol. The Bertz CT molecular complexity index is 567. The van der Waals surface area contributed by atoms with E-state index in [4.69, 9.17) is 0 Å². The summed E-state index contributed by atoms with van der Waals surface area (Å²) in [5, 5.41) is 7.47. The van der Waals surface area contributed by atoms with Crippen LogP contribution >= 0.6 is 0 Å². The van der Waals surface area contributed by atoms with Crippen LogP contribution in [-0.2, 0) is 0 Å². The highest BCUT2D eigenvalue weighted by atomic mass is 19.1. The lowest BCUT2D eigenvalue weighted by atomic mass is 9.99. The molecule has 1 aliphatic rings. The zero-order chi connectivity index (χ0) is 13.2. The molecule has 0 bridgehead atoms. The number of piperidine rings is 1. The Labute approximate surface area is 111 Å². The molecule has 0 aromatic carbocycles. The molecule has 1 saturated heterocycles. The molecule has 1 aliphatic heterocycles. The largest absolute Gasteiger partial charge is 0.353 e. The van der Waals surface area contributed by atoms with Crippen LogP contribution in [0.25, 0.3) is 5.65 Å². The second-order valence-corrected chi connectivity index (χ2v) is 5.24. The minimum atomic E-state index is -0.308. The molecular formula is C13H18FN5. The van der Waals surface area contributed by atoms with Crippen molar-refractivity contribution in [1.29, 1.82) is 0 Å². The van der Waals surface area contributed by atoms with Gasteiger partial charge in [-0.25, -0.2) is 8.91 Å². The van der Waals surface area contributed by atoms with Gasteiger partial charge < -0.3 is 10.2 Å². The fraction of sp³-hybridized carbons (Fsp3) is 0.538. The molecule has 1 N–H and O–H groups in total. The van der Waals surface area contributed by atoms with Gasteiger partial charge in [-0.1, -0.05) is 0 Å². The maximum Gasteiger partial charge on any atom is 0.243 e. The van der Waals surface area contributed by atoms with Crippen LogP contribution in [-0.4, -0.2) is 46.2 Å². The summed E-state index contributed by atoms with van der Waals surface area (Å²) in [4.78, 5) is 6.67. The maximum absolute atomic E-state index is 13.1. The van der Waals surface area contributed by atoms with Gasteiger partial charge in [-0.2, -0.15) is 4.98 Å². The van der Waals surface area contributed by atoms with Gasteiger partial charge in [-0.05, 0) is 44.5 Å². The molecule has 102 valence electrons. The van der Waals surface area contributed by atoms with Crippen LogP contribution in [0, 0.1) is 11.7 Å². The molecule has 2 aromatic rings. The van der Waals surface area contributed by atoms with Crippen LogP contribution in [0.3, 0.4) is 0 Å². The highest BCUT2D eigenvalue weighted by Crippen LogP contribution is 2.15. The number of rotatable bonds is 3. The first-order chi connectivity index (χ1) is 9.20. The molecule has 3 rings (SSSR count). The fourth-order valence-electron chi connectivity index (χ4n) is 2.61. The van der Waals surface area contributed by atoms with Gasteiger partial charge in [0, 0.05) is 13.1 Å². The minimum Gasteiger partial charge on any atom is -0.353 e. The highest BCUT2D eigenvalue weighted by molar-refractivity contribution is 5.43. The summed E-state index contributed by atoms with van der Waals surface area (Å²) in [5.41, 5.74) is 0.657. The number of pyridine rings is 1. The molecule has 1 unspecified atom stereocenters. The van der Waals surface area contributed by atoms with Crippen LogP contribution in [0.15, 0.2) is 18.3 Å². The first-order valence-corrected chi connectivity index (χ1v) is 6.65. The summed E-state index contributed by atoms with van der Waals surface area (Å²) in [6.45, 7) is 3.15. The smallest absolute Gasteiger partial charge is 0.243 e. The average Bonchev–Trinajstić information content (AvgIpc) is 2.78. The number of anilines is 1. The first-order valence-electron chi connectivity index (χ1n) is 6.65. The lowest BCUT2D eigenvalue weighted by molar-refractivity contribution is 0.217. The maximum atomic E-state index is 13.1. The van der Waals surface area contributed by atoms with Gasteiger partial charge in [0.2, 0.25) is 5.95 Å². The molecule has 6 heteroatoms. The van der Waals surface area contributed by atoms with Crippen LogP contribution in [0.4, 0.5) is 10.3 Å². The Balaban J connectivity index is 1.65. The number of nitrogens with one attached hydrogen (secondary N) is 1. The standard InChI is InChI=1S/C13H18FN5/c1-18-6-2-3-10(8-18)7-15-13-16-12-5-4-11(14)9-19(12)17-13/h4-5,9-10H,2-3,6-8H2,1H3,(H,15,17). The van der Waals surface area contributed by atoms with Gasteiger partial charge in [0.05, 0.1) is 6.20 Å². The van der Waals surface area contributed by atoms with Gasteiger partial charge in [0.25, 0.3) is 0 Å². The second kappa shape index (κ2) is 5.13. The van der Waals surface area contributed by atoms with Crippen molar-refractivity contribution in [2.45, 2.75) is 12.8 Å². The van der Waals surface area contributed by atoms with E-state index in [1.165, 1.54) is 36.2 Å². The molecular weight excluding hydrogens is 245 g/mol. The number of hydrogen-bond donors (Lipinski definition) is 1. The summed E-state index contributed by atoms with van der Waals surface area (Å²) in [6.07, 6.45) is 3.81. The van der Waals surface area contributed by atoms with Crippen LogP contribution < -0.4 is 5.32 Å². The molecule has 0 radical (unpaired) electrons. The van der Waals surface area contributed by atoms with Crippen molar-refractivity contribution >= 4 is 11.6 Å². The number of hydrogen-bond acceptors (Lipinski definition) is 4. The van der Waals surface area contributed by atoms with Crippen molar-refractivity contribution in [2.24, 2.45) is 5.92 Å². The number of halogens is 1. The third-order valence-electron chi connectivity index (χ3n) is 3.57. The molecule has 0 spiro atoms. The summed E-state index contributed by atoms with van der Waals surface area (Å²) >= 11 is 0. The molecule has 1 fully saturated rings. The monoisotopic (exact) mass is 263 g/mol. The summed E-state index contributed by atoms with van der Waals surface area (Å²) in [7, 11) is 2.15. The molecule has 0 aliphatic carbocycles. The fourth-order valence-corrected chi connectivity index (χ4v) is 2.61. The Hall–Kier alpha value is -1.69. The van der Waals surface area contributed by atoms with E-state index in [0.717, 1.165) is 13.1 Å². The predicted octanol–water partition coefficient (Wildman–Crippen LogP) is 1.62. The van der Waals surface area contributed by atoms with E-state index in [0.29, 0.717) is 17.5 Å². The van der Waals surface area contributed by atoms with Crippen LogP contribution in [0.5, 0.6) is 0 Å². The van der Waals surface area contributed by atoms with Crippen LogP contribution in [0.2, 0.25) is 0 Å². The number of aromatic nitrogens is 3. The summed E-state index contributed by atoms with van der Waals surface area (Å²) in [5.74, 6) is 0.888. The van der Waals surface area contributed by atoms with E-state index in [1.54, 1.807) is 6.07 Å². The van der Waals surface area contributed by atoms with Gasteiger partial charge in [-0.3, -0.25) is 0 Å². The topological polar surface area (TPSA) is 45.5 Å². The summed E-state index contributed by atoms with van der Waals surface area (Å²) in [6, 6.07) is 3.02. The lowest BCUT2D eigenvalue weighted by Crippen LogP contribution is -2.35. The molecule has 0 amide bonds. The second-order valence-electron chi connectivity index (χ2n) is 5.24. The quantitative estimate of drug-likeness (QED) is 0.914. The molecule has 0 saturated carbocycles. The Morgan fingerprint density at radius 1 is 1.47 bits per heavy atom. The van der Waals surface area contributed by atoms with E-state index in [1.807, 2.05) is 0 Å². The third-order valence-corrected chi connectivity index (χ3v) is 3.57. The van der Waals surface area contributed by atoms with Crippen molar-refractivity contribution in [3.63, 3.8) is 0 Å². The Kier molecular flexibility index (Phi) is 3.33. The molecule has 3 heterocycles. The highest BCUT2D eigenvalue weighted by Gasteiger charge is 2.17. The minimum absolute atomic E-state index is 0.308. The van der Waals surface area contributed by atoms with E-state index < -0.39 is 0 Å². The van der Waals surface area contributed by atoms with Crippen molar-refractivity contribution in [3.8, 4) is 0 Å². The van der Waals surface area contributed by atoms with Gasteiger partial charge in [0.1, 0.15) is 5.82 Å². The first kappa shape index (κ1) is 12.3. The van der Waals surface area contributed by atoms with Crippen molar-refractivity contribution < 1.29 is 4.39 Å². The lowest BCUT2D eigenvalue weighted by Gasteiger charge is -2.29. The van der Waals surface area contributed by atoms with Crippen molar-refractivity contribution in [1.82, 2.24) is 19.5 Å². The SMILES string of the molecule is CN1CCCC(CNc2nc3ccc(F)cn3n2)C1. The summed E-state index contributed by atoms with van der Waals surface area (Å²) < 4.78 is 14.5. The zero-order valence-electron chi connectivity index (χ0n) is 11.0. The van der Waals surface area contributed by atoms with E-state index in [2.05, 4.69) is 27.3 Å². The predicted molar refractivity (Wildman–Crippen MR) is 71.7 cm³/mol. The zero-order valence-corrected chi connectivity index (χ0v) is 11.0. The van der Waals surface area contributed by atoms with Gasteiger partial charge in [0.15, 0.2) is 5.65 Å². The van der Waals surface area contributed by atoms with E-state index in [9.17, 15) is 4.39 Å². The van der Waals surface area contributed by atoms with Gasteiger partial charge >= 0.3 is 0 Å². The molecule has 1 atom stereocenters. The number of likely N-dealkylation sites (tertiary alicyclic amines) is 1. The van der Waals surface area contributed by atoms with Crippen molar-refractivity contribution in [3.05, 3.63) is 24.1 Å². The molecule has 2 aromatic heterocycles. The van der Waals surface area contributed by atoms with Crippen LogP contribution in [0.1, 0.15) is 12.8 Å². The normalized spacial score (nSPS) is 20.8. The van der Waals surface area contributed by atoms with Crippen molar-refractivity contribution in [2.75, 3.05) is 32.0 Å². The Morgan fingerprint density at radius 2 is 2.37 bits per heavy atom. The van der Waals surface area contributed by atoms with E-state index >= 15 is 0 Å². The molecule has 5 nitrogen and oxygen atoms in total.